The van der Waals surface area contributed by atoms with Gasteiger partial charge in [-0.2, -0.15) is 0 Å². The highest BCUT2D eigenvalue weighted by atomic mass is 16.6. The van der Waals surface area contributed by atoms with Gasteiger partial charge in [-0.15, -0.1) is 0 Å². The van der Waals surface area contributed by atoms with Crippen LogP contribution in [0.2, 0.25) is 0 Å². The number of primary amides is 1. The van der Waals surface area contributed by atoms with Crippen molar-refractivity contribution in [2.24, 2.45) is 5.73 Å². The average molecular weight is 274 g/mol. The number of hydrogen-bond donors (Lipinski definition) is 2. The lowest BCUT2D eigenvalue weighted by Crippen LogP contribution is -2.32. The van der Waals surface area contributed by atoms with E-state index in [1.165, 1.54) is 6.08 Å². The van der Waals surface area contributed by atoms with Crippen molar-refractivity contribution in [2.45, 2.75) is 0 Å². The summed E-state index contributed by atoms with van der Waals surface area (Å²) in [5.74, 6) is 1.56. The highest BCUT2D eigenvalue weighted by Gasteiger charge is 2.03. The Morgan fingerprint density at radius 3 is 2.75 bits per heavy atom. The third-order valence-corrected chi connectivity index (χ3v) is 2.38. The number of carbonyl (C=O) groups is 1. The second-order valence-electron chi connectivity index (χ2n) is 3.89. The Balaban J connectivity index is 1.92. The number of hydrogen-bond acceptors (Lipinski definition) is 4. The van der Waals surface area contributed by atoms with E-state index >= 15 is 0 Å². The predicted molar refractivity (Wildman–Crippen MR) is 72.3 cm³/mol. The summed E-state index contributed by atoms with van der Waals surface area (Å²) < 4.78 is 10.9. The molecule has 1 heterocycles. The molecule has 0 bridgehead atoms. The van der Waals surface area contributed by atoms with Gasteiger partial charge in [-0.25, -0.2) is 9.86 Å². The summed E-state index contributed by atoms with van der Waals surface area (Å²) >= 11 is 0. The minimum Gasteiger partial charge on any atom is -0.426 e. The molecule has 6 nitrogen and oxygen atoms in total. The number of benzene rings is 1. The van der Waals surface area contributed by atoms with Crippen LogP contribution in [-0.2, 0) is 0 Å². The first-order valence-electron chi connectivity index (χ1n) is 5.90. The Hall–Kier alpha value is -2.73. The molecule has 0 saturated carbocycles. The van der Waals surface area contributed by atoms with Gasteiger partial charge in [0.05, 0.1) is 6.54 Å². The van der Waals surface area contributed by atoms with E-state index in [4.69, 9.17) is 20.1 Å². The highest BCUT2D eigenvalue weighted by molar-refractivity contribution is 5.70. The molecule has 20 heavy (non-hydrogen) atoms. The average Bonchev–Trinajstić information content (AvgIpc) is 2.87. The molecule has 2 rings (SSSR count). The van der Waals surface area contributed by atoms with E-state index in [0.717, 1.165) is 0 Å². The van der Waals surface area contributed by atoms with Crippen LogP contribution in [0.4, 0.5) is 4.79 Å². The van der Waals surface area contributed by atoms with Gasteiger partial charge >= 0.3 is 6.03 Å². The molecule has 0 aliphatic rings. The van der Waals surface area contributed by atoms with Crippen LogP contribution < -0.4 is 10.5 Å². The number of urea groups is 1. The summed E-state index contributed by atoms with van der Waals surface area (Å²) in [6.07, 6.45) is 3.14. The molecule has 0 atom stereocenters. The summed E-state index contributed by atoms with van der Waals surface area (Å²) in [6.45, 7) is -0.0229. The molecule has 104 valence electrons. The van der Waals surface area contributed by atoms with E-state index in [2.05, 4.69) is 0 Å². The summed E-state index contributed by atoms with van der Waals surface area (Å²) in [5.41, 5.74) is 4.87. The Labute approximate surface area is 115 Å². The number of furan rings is 1. The van der Waals surface area contributed by atoms with E-state index in [0.29, 0.717) is 22.5 Å². The molecule has 1 aromatic heterocycles. The SMILES string of the molecule is NC(=O)N(O)C/C=C/c1ccc(Oc2ccccc2)o1. The molecule has 0 unspecified atom stereocenters. The van der Waals surface area contributed by atoms with Crippen molar-refractivity contribution in [1.82, 2.24) is 5.06 Å². The number of nitrogens with two attached hydrogens (primary N) is 1. The molecule has 1 aromatic carbocycles. The monoisotopic (exact) mass is 274 g/mol. The molecule has 2 aromatic rings. The third kappa shape index (κ3) is 3.89. The van der Waals surface area contributed by atoms with Gasteiger partial charge in [-0.05, 0) is 24.3 Å². The van der Waals surface area contributed by atoms with Gasteiger partial charge in [0.15, 0.2) is 0 Å². The standard InChI is InChI=1S/C14H14N2O4/c15-14(17)16(18)10-4-7-12-8-9-13(20-12)19-11-5-2-1-3-6-11/h1-9,18H,10H2,(H2,15,17)/b7-4+. The number of rotatable bonds is 5. The van der Waals surface area contributed by atoms with Gasteiger partial charge < -0.3 is 14.9 Å². The quantitative estimate of drug-likeness (QED) is 0.648. The van der Waals surface area contributed by atoms with Crippen LogP contribution in [0.25, 0.3) is 6.08 Å². The van der Waals surface area contributed by atoms with Crippen LogP contribution in [0.5, 0.6) is 11.7 Å². The zero-order valence-corrected chi connectivity index (χ0v) is 10.6. The Bertz CT molecular complexity index is 592. The zero-order valence-electron chi connectivity index (χ0n) is 10.6. The molecular formula is C14H14N2O4. The zero-order chi connectivity index (χ0) is 14.4. The molecule has 0 radical (unpaired) electrons. The summed E-state index contributed by atoms with van der Waals surface area (Å²) in [5, 5.41) is 9.45. The molecule has 0 aliphatic carbocycles. The van der Waals surface area contributed by atoms with Crippen molar-refractivity contribution in [3.63, 3.8) is 0 Å². The highest BCUT2D eigenvalue weighted by Crippen LogP contribution is 2.23. The van der Waals surface area contributed by atoms with Gasteiger partial charge in [0.25, 0.3) is 5.95 Å². The fraction of sp³-hybridized carbons (Fsp3) is 0.0714. The topological polar surface area (TPSA) is 88.9 Å². The molecule has 0 fully saturated rings. The number of carbonyl (C=O) groups excluding carboxylic acids is 1. The second-order valence-corrected chi connectivity index (χ2v) is 3.89. The lowest BCUT2D eigenvalue weighted by Gasteiger charge is -2.07. The van der Waals surface area contributed by atoms with Crippen LogP contribution in [0.15, 0.2) is 53.0 Å². The number of ether oxygens (including phenoxy) is 1. The number of nitrogens with zero attached hydrogens (tertiary/aromatic N) is 1. The normalized spacial score (nSPS) is 10.7. The largest absolute Gasteiger partial charge is 0.426 e. The maximum absolute atomic E-state index is 10.6. The van der Waals surface area contributed by atoms with Crippen molar-refractivity contribution >= 4 is 12.1 Å². The molecule has 0 spiro atoms. The molecule has 0 aliphatic heterocycles. The molecule has 0 saturated heterocycles. The third-order valence-electron chi connectivity index (χ3n) is 2.38. The Morgan fingerprint density at radius 2 is 2.05 bits per heavy atom. The number of para-hydroxylation sites is 1. The molecule has 6 heteroatoms. The smallest absolute Gasteiger partial charge is 0.338 e. The number of amides is 2. The summed E-state index contributed by atoms with van der Waals surface area (Å²) in [6, 6.07) is 11.7. The van der Waals surface area contributed by atoms with Crippen LogP contribution in [-0.4, -0.2) is 22.8 Å². The maximum Gasteiger partial charge on any atom is 0.338 e. The summed E-state index contributed by atoms with van der Waals surface area (Å²) in [7, 11) is 0. The van der Waals surface area contributed by atoms with Crippen molar-refractivity contribution in [3.8, 4) is 11.7 Å². The van der Waals surface area contributed by atoms with Crippen molar-refractivity contribution in [1.29, 1.82) is 0 Å². The van der Waals surface area contributed by atoms with Crippen molar-refractivity contribution in [3.05, 3.63) is 54.3 Å². The lowest BCUT2D eigenvalue weighted by molar-refractivity contribution is -0.0286. The first-order chi connectivity index (χ1) is 9.65. The van der Waals surface area contributed by atoms with Crippen LogP contribution in [0, 0.1) is 0 Å². The summed E-state index contributed by atoms with van der Waals surface area (Å²) in [4.78, 5) is 10.6. The van der Waals surface area contributed by atoms with Gasteiger partial charge in [0.1, 0.15) is 11.5 Å². The van der Waals surface area contributed by atoms with Crippen LogP contribution in [0.3, 0.4) is 0 Å². The van der Waals surface area contributed by atoms with Crippen molar-refractivity contribution in [2.75, 3.05) is 6.54 Å². The number of hydroxylamine groups is 2. The van der Waals surface area contributed by atoms with Gasteiger partial charge in [0.2, 0.25) is 0 Å². The minimum atomic E-state index is -0.915. The van der Waals surface area contributed by atoms with Crippen molar-refractivity contribution < 1.29 is 19.2 Å². The van der Waals surface area contributed by atoms with Gasteiger partial charge in [-0.3, -0.25) is 5.21 Å². The van der Waals surface area contributed by atoms with Crippen LogP contribution in [0.1, 0.15) is 5.76 Å². The van der Waals surface area contributed by atoms with E-state index in [1.54, 1.807) is 18.2 Å². The maximum atomic E-state index is 10.6. The lowest BCUT2D eigenvalue weighted by atomic mass is 10.3. The predicted octanol–water partition coefficient (Wildman–Crippen LogP) is 2.86. The van der Waals surface area contributed by atoms with Crippen LogP contribution >= 0.6 is 0 Å². The molecule has 2 amide bonds. The fourth-order valence-electron chi connectivity index (χ4n) is 1.44. The fourth-order valence-corrected chi connectivity index (χ4v) is 1.44. The molecular weight excluding hydrogens is 260 g/mol. The van der Waals surface area contributed by atoms with Gasteiger partial charge in [-0.1, -0.05) is 24.3 Å². The first kappa shape index (κ1) is 13.7. The Morgan fingerprint density at radius 1 is 1.30 bits per heavy atom. The minimum absolute atomic E-state index is 0.0229. The first-order valence-corrected chi connectivity index (χ1v) is 5.90. The second kappa shape index (κ2) is 6.44. The Kier molecular flexibility index (Phi) is 4.41. The van der Waals surface area contributed by atoms with E-state index in [9.17, 15) is 4.79 Å². The molecule has 3 N–H and O–H groups in total. The van der Waals surface area contributed by atoms with Gasteiger partial charge in [0, 0.05) is 6.07 Å². The van der Waals surface area contributed by atoms with E-state index in [-0.39, 0.29) is 6.54 Å². The van der Waals surface area contributed by atoms with E-state index < -0.39 is 6.03 Å². The van der Waals surface area contributed by atoms with E-state index in [1.807, 2.05) is 30.3 Å².